The third-order valence-electron chi connectivity index (χ3n) is 3.03. The Morgan fingerprint density at radius 1 is 1.29 bits per heavy atom. The number of carbonyl (C=O) groups excluding carboxylic acids is 1. The predicted molar refractivity (Wildman–Crippen MR) is 82.8 cm³/mol. The van der Waals surface area contributed by atoms with Crippen molar-refractivity contribution in [2.24, 2.45) is 7.05 Å². The molecule has 124 valence electrons. The molecule has 0 aliphatic carbocycles. The van der Waals surface area contributed by atoms with E-state index in [-0.39, 0.29) is 30.0 Å². The van der Waals surface area contributed by atoms with Crippen molar-refractivity contribution in [1.29, 1.82) is 0 Å². The van der Waals surface area contributed by atoms with Gasteiger partial charge in [-0.2, -0.15) is 0 Å². The number of rotatable bonds is 6. The Labute approximate surface area is 137 Å². The molecule has 0 unspecified atom stereocenters. The van der Waals surface area contributed by atoms with E-state index in [4.69, 9.17) is 13.9 Å². The number of nitrogens with zero attached hydrogens (tertiary/aromatic N) is 4. The number of nitrogens with one attached hydrogen (secondary N) is 1. The van der Waals surface area contributed by atoms with Crippen LogP contribution in [0.15, 0.2) is 40.9 Å². The van der Waals surface area contributed by atoms with Crippen LogP contribution >= 0.6 is 0 Å². The summed E-state index contributed by atoms with van der Waals surface area (Å²) in [4.78, 5) is 12.2. The summed E-state index contributed by atoms with van der Waals surface area (Å²) in [6, 6.07) is 9.20. The summed E-state index contributed by atoms with van der Waals surface area (Å²) >= 11 is 0. The molecule has 2 heterocycles. The number of amides is 1. The second-order valence-electron chi connectivity index (χ2n) is 4.78. The van der Waals surface area contributed by atoms with Crippen LogP contribution in [0, 0.1) is 0 Å². The molecular weight excluding hydrogens is 314 g/mol. The highest BCUT2D eigenvalue weighted by atomic mass is 16.5. The SMILES string of the molecule is COc1nn(C)cc1C(=O)Nc1nnc(COc2ccccc2)o1. The number of hydrogen-bond donors (Lipinski definition) is 1. The number of carbonyl (C=O) groups is 1. The van der Waals surface area contributed by atoms with Gasteiger partial charge in [-0.25, -0.2) is 0 Å². The van der Waals surface area contributed by atoms with Crippen LogP contribution in [0.3, 0.4) is 0 Å². The number of methoxy groups -OCH3 is 1. The Balaban J connectivity index is 1.62. The van der Waals surface area contributed by atoms with Gasteiger partial charge in [0.25, 0.3) is 11.8 Å². The molecule has 0 aliphatic rings. The molecule has 9 heteroatoms. The van der Waals surface area contributed by atoms with Crippen LogP contribution in [-0.4, -0.2) is 33.0 Å². The highest BCUT2D eigenvalue weighted by Gasteiger charge is 2.19. The van der Waals surface area contributed by atoms with Gasteiger partial charge in [0.05, 0.1) is 7.11 Å². The Hall–Kier alpha value is -3.36. The van der Waals surface area contributed by atoms with E-state index >= 15 is 0 Å². The van der Waals surface area contributed by atoms with E-state index in [0.717, 1.165) is 0 Å². The number of para-hydroxylation sites is 1. The molecule has 0 fully saturated rings. The van der Waals surface area contributed by atoms with Crippen molar-refractivity contribution in [3.63, 3.8) is 0 Å². The van der Waals surface area contributed by atoms with Crippen LogP contribution < -0.4 is 14.8 Å². The van der Waals surface area contributed by atoms with E-state index in [2.05, 4.69) is 20.6 Å². The molecule has 1 aromatic carbocycles. The summed E-state index contributed by atoms with van der Waals surface area (Å²) in [6.07, 6.45) is 1.53. The van der Waals surface area contributed by atoms with Gasteiger partial charge >= 0.3 is 6.01 Å². The molecule has 0 bridgehead atoms. The molecule has 2 aromatic heterocycles. The average molecular weight is 329 g/mol. The summed E-state index contributed by atoms with van der Waals surface area (Å²) in [6.45, 7) is 0.100. The Morgan fingerprint density at radius 3 is 2.83 bits per heavy atom. The zero-order chi connectivity index (χ0) is 16.9. The van der Waals surface area contributed by atoms with Crippen LogP contribution in [0.2, 0.25) is 0 Å². The summed E-state index contributed by atoms with van der Waals surface area (Å²) in [5, 5.41) is 14.1. The van der Waals surface area contributed by atoms with Crippen LogP contribution in [0.4, 0.5) is 6.01 Å². The molecule has 1 N–H and O–H groups in total. The van der Waals surface area contributed by atoms with Crippen LogP contribution in [0.1, 0.15) is 16.2 Å². The Bertz CT molecular complexity index is 828. The number of aryl methyl sites for hydroxylation is 1. The third-order valence-corrected chi connectivity index (χ3v) is 3.03. The molecule has 24 heavy (non-hydrogen) atoms. The molecular formula is C15H15N5O4. The fourth-order valence-electron chi connectivity index (χ4n) is 1.96. The second-order valence-corrected chi connectivity index (χ2v) is 4.78. The van der Waals surface area contributed by atoms with Crippen LogP contribution in [-0.2, 0) is 13.7 Å². The van der Waals surface area contributed by atoms with Crippen molar-refractivity contribution in [1.82, 2.24) is 20.0 Å². The summed E-state index contributed by atoms with van der Waals surface area (Å²) < 4.78 is 17.3. The van der Waals surface area contributed by atoms with Gasteiger partial charge < -0.3 is 13.9 Å². The molecule has 0 saturated carbocycles. The zero-order valence-electron chi connectivity index (χ0n) is 13.1. The minimum atomic E-state index is -0.459. The molecule has 9 nitrogen and oxygen atoms in total. The molecule has 3 rings (SSSR count). The molecule has 0 atom stereocenters. The number of hydrogen-bond acceptors (Lipinski definition) is 7. The van der Waals surface area contributed by atoms with Gasteiger partial charge in [0.1, 0.15) is 11.3 Å². The van der Waals surface area contributed by atoms with Gasteiger partial charge in [-0.3, -0.25) is 14.8 Å². The van der Waals surface area contributed by atoms with Crippen molar-refractivity contribution >= 4 is 11.9 Å². The first-order valence-electron chi connectivity index (χ1n) is 7.05. The Kier molecular flexibility index (Phi) is 4.41. The molecule has 0 spiro atoms. The third kappa shape index (κ3) is 3.51. The maximum atomic E-state index is 12.2. The monoisotopic (exact) mass is 329 g/mol. The largest absolute Gasteiger partial charge is 0.484 e. The van der Waals surface area contributed by atoms with E-state index in [0.29, 0.717) is 5.75 Å². The summed E-state index contributed by atoms with van der Waals surface area (Å²) in [5.74, 6) is 0.676. The van der Waals surface area contributed by atoms with Crippen molar-refractivity contribution in [2.75, 3.05) is 12.4 Å². The van der Waals surface area contributed by atoms with E-state index in [1.807, 2.05) is 30.3 Å². The standard InChI is InChI=1S/C15H15N5O4/c1-20-8-11(14(19-20)22-2)13(21)16-15-18-17-12(24-15)9-23-10-6-4-3-5-7-10/h3-8H,9H2,1-2H3,(H,16,18,21). The predicted octanol–water partition coefficient (Wildman–Crippen LogP) is 1.64. The summed E-state index contributed by atoms with van der Waals surface area (Å²) in [5.41, 5.74) is 0.264. The van der Waals surface area contributed by atoms with Crippen molar-refractivity contribution < 1.29 is 18.7 Å². The maximum Gasteiger partial charge on any atom is 0.322 e. The van der Waals surface area contributed by atoms with Gasteiger partial charge in [0.2, 0.25) is 5.88 Å². The van der Waals surface area contributed by atoms with Gasteiger partial charge in [0.15, 0.2) is 6.61 Å². The average Bonchev–Trinajstić information content (AvgIpc) is 3.20. The lowest BCUT2D eigenvalue weighted by Gasteiger charge is -2.02. The molecule has 3 aromatic rings. The van der Waals surface area contributed by atoms with Crippen molar-refractivity contribution in [2.45, 2.75) is 6.61 Å². The van der Waals surface area contributed by atoms with Crippen molar-refractivity contribution in [3.05, 3.63) is 48.0 Å². The molecule has 1 amide bonds. The Morgan fingerprint density at radius 2 is 2.08 bits per heavy atom. The normalized spacial score (nSPS) is 10.4. The minimum Gasteiger partial charge on any atom is -0.484 e. The first kappa shape index (κ1) is 15.5. The highest BCUT2D eigenvalue weighted by molar-refractivity contribution is 6.04. The zero-order valence-corrected chi connectivity index (χ0v) is 13.1. The number of anilines is 1. The quantitative estimate of drug-likeness (QED) is 0.733. The fourth-order valence-corrected chi connectivity index (χ4v) is 1.96. The van der Waals surface area contributed by atoms with E-state index in [1.54, 1.807) is 7.05 Å². The lowest BCUT2D eigenvalue weighted by Crippen LogP contribution is -2.12. The molecule has 0 saturated heterocycles. The first-order valence-corrected chi connectivity index (χ1v) is 7.05. The van der Waals surface area contributed by atoms with Crippen molar-refractivity contribution in [3.8, 4) is 11.6 Å². The lowest BCUT2D eigenvalue weighted by atomic mass is 10.3. The van der Waals surface area contributed by atoms with E-state index < -0.39 is 5.91 Å². The maximum absolute atomic E-state index is 12.2. The van der Waals surface area contributed by atoms with Crippen LogP contribution in [0.5, 0.6) is 11.6 Å². The van der Waals surface area contributed by atoms with E-state index in [1.165, 1.54) is 18.0 Å². The lowest BCUT2D eigenvalue weighted by molar-refractivity contribution is 0.102. The minimum absolute atomic E-state index is 0.0300. The van der Waals surface area contributed by atoms with Crippen LogP contribution in [0.25, 0.3) is 0 Å². The summed E-state index contributed by atoms with van der Waals surface area (Å²) in [7, 11) is 3.12. The van der Waals surface area contributed by atoms with Gasteiger partial charge in [0, 0.05) is 13.2 Å². The smallest absolute Gasteiger partial charge is 0.322 e. The molecule has 0 aliphatic heterocycles. The highest BCUT2D eigenvalue weighted by Crippen LogP contribution is 2.17. The van der Waals surface area contributed by atoms with E-state index in [9.17, 15) is 4.79 Å². The first-order chi connectivity index (χ1) is 11.7. The fraction of sp³-hybridized carbons (Fsp3) is 0.200. The molecule has 0 radical (unpaired) electrons. The topological polar surface area (TPSA) is 104 Å². The number of benzene rings is 1. The van der Waals surface area contributed by atoms with Gasteiger partial charge in [-0.1, -0.05) is 23.3 Å². The number of aromatic nitrogens is 4. The second kappa shape index (κ2) is 6.82. The number of ether oxygens (including phenoxy) is 2. The van der Waals surface area contributed by atoms with Gasteiger partial charge in [-0.15, -0.1) is 10.2 Å². The van der Waals surface area contributed by atoms with Gasteiger partial charge in [-0.05, 0) is 12.1 Å².